The van der Waals surface area contributed by atoms with Crippen LogP contribution in [-0.2, 0) is 0 Å². The highest BCUT2D eigenvalue weighted by atomic mass is 19.1. The lowest BCUT2D eigenvalue weighted by molar-refractivity contribution is 0.415. The zero-order chi connectivity index (χ0) is 14.1. The van der Waals surface area contributed by atoms with Gasteiger partial charge in [-0.05, 0) is 35.4 Å². The van der Waals surface area contributed by atoms with Gasteiger partial charge < -0.3 is 9.15 Å². The molecule has 100 valence electrons. The van der Waals surface area contributed by atoms with Crippen molar-refractivity contribution in [2.24, 2.45) is 0 Å². The lowest BCUT2D eigenvalue weighted by Gasteiger charge is -2.05. The molecule has 0 fully saturated rings. The van der Waals surface area contributed by atoms with Crippen LogP contribution in [0.4, 0.5) is 4.39 Å². The molecule has 0 aliphatic carbocycles. The Morgan fingerprint density at radius 3 is 2.70 bits per heavy atom. The van der Waals surface area contributed by atoms with Gasteiger partial charge in [0.25, 0.3) is 0 Å². The second-order valence-electron chi connectivity index (χ2n) is 4.36. The van der Waals surface area contributed by atoms with E-state index in [1.165, 1.54) is 0 Å². The Labute approximate surface area is 114 Å². The molecule has 0 saturated carbocycles. The molecular weight excluding hydrogens is 259 g/mol. The monoisotopic (exact) mass is 270 g/mol. The fourth-order valence-electron chi connectivity index (χ4n) is 2.09. The number of rotatable bonds is 2. The molecule has 3 rings (SSSR count). The van der Waals surface area contributed by atoms with Gasteiger partial charge in [-0.2, -0.15) is 4.39 Å². The van der Waals surface area contributed by atoms with Crippen LogP contribution in [0.25, 0.3) is 22.1 Å². The molecule has 0 atom stereocenters. The molecule has 1 aromatic heterocycles. The van der Waals surface area contributed by atoms with E-state index >= 15 is 0 Å². The molecule has 0 spiro atoms. The van der Waals surface area contributed by atoms with Crippen molar-refractivity contribution in [1.29, 1.82) is 0 Å². The molecule has 0 radical (unpaired) electrons. The number of hydrogen-bond donors (Lipinski definition) is 0. The second kappa shape index (κ2) is 4.81. The van der Waals surface area contributed by atoms with Gasteiger partial charge in [0.1, 0.15) is 17.6 Å². The fourth-order valence-corrected chi connectivity index (χ4v) is 2.09. The van der Waals surface area contributed by atoms with Crippen LogP contribution in [0.5, 0.6) is 5.75 Å². The van der Waals surface area contributed by atoms with Crippen LogP contribution >= 0.6 is 0 Å². The lowest BCUT2D eigenvalue weighted by atomic mass is 10.0. The Bertz CT molecular complexity index is 836. The van der Waals surface area contributed by atoms with E-state index in [1.807, 2.05) is 30.3 Å². The van der Waals surface area contributed by atoms with E-state index in [0.717, 1.165) is 17.4 Å². The predicted octanol–water partition coefficient (Wildman–Crippen LogP) is 3.61. The standard InChI is InChI=1S/C16H11FO3/c1-19-12-4-2-3-10(7-12)11-5-6-15-13(8-11)16(18)14(17)9-20-15/h2-9H,1H3. The van der Waals surface area contributed by atoms with Crippen LogP contribution in [0.15, 0.2) is 57.9 Å². The topological polar surface area (TPSA) is 39.4 Å². The summed E-state index contributed by atoms with van der Waals surface area (Å²) in [6.07, 6.45) is 0.829. The molecule has 20 heavy (non-hydrogen) atoms. The first kappa shape index (κ1) is 12.4. The highest BCUT2D eigenvalue weighted by Crippen LogP contribution is 2.26. The minimum absolute atomic E-state index is 0.227. The first-order valence-electron chi connectivity index (χ1n) is 6.04. The summed E-state index contributed by atoms with van der Waals surface area (Å²) in [5.41, 5.74) is 1.39. The smallest absolute Gasteiger partial charge is 0.228 e. The number of hydrogen-bond acceptors (Lipinski definition) is 3. The van der Waals surface area contributed by atoms with E-state index in [1.54, 1.807) is 19.2 Å². The summed E-state index contributed by atoms with van der Waals surface area (Å²) in [6, 6.07) is 12.5. The maximum Gasteiger partial charge on any atom is 0.228 e. The predicted molar refractivity (Wildman–Crippen MR) is 74.4 cm³/mol. The van der Waals surface area contributed by atoms with Crippen LogP contribution in [0, 0.1) is 5.82 Å². The number of fused-ring (bicyclic) bond motifs is 1. The summed E-state index contributed by atoms with van der Waals surface area (Å²) in [5, 5.41) is 0.227. The maximum atomic E-state index is 13.3. The van der Waals surface area contributed by atoms with Crippen LogP contribution < -0.4 is 10.2 Å². The summed E-state index contributed by atoms with van der Waals surface area (Å²) in [4.78, 5) is 11.8. The van der Waals surface area contributed by atoms with Crippen LogP contribution in [-0.4, -0.2) is 7.11 Å². The van der Waals surface area contributed by atoms with E-state index in [-0.39, 0.29) is 5.39 Å². The van der Waals surface area contributed by atoms with Crippen LogP contribution in [0.1, 0.15) is 0 Å². The quantitative estimate of drug-likeness (QED) is 0.714. The van der Waals surface area contributed by atoms with Crippen molar-refractivity contribution in [3.63, 3.8) is 0 Å². The summed E-state index contributed by atoms with van der Waals surface area (Å²) < 4.78 is 23.5. The van der Waals surface area contributed by atoms with Gasteiger partial charge in [-0.25, -0.2) is 0 Å². The molecule has 0 unspecified atom stereocenters. The Balaban J connectivity index is 2.22. The Morgan fingerprint density at radius 2 is 1.90 bits per heavy atom. The first-order chi connectivity index (χ1) is 9.69. The fraction of sp³-hybridized carbons (Fsp3) is 0.0625. The van der Waals surface area contributed by atoms with Gasteiger partial charge in [0.05, 0.1) is 12.5 Å². The molecule has 2 aromatic carbocycles. The van der Waals surface area contributed by atoms with E-state index in [0.29, 0.717) is 11.3 Å². The summed E-state index contributed by atoms with van der Waals surface area (Å²) >= 11 is 0. The molecule has 3 aromatic rings. The maximum absolute atomic E-state index is 13.3. The van der Waals surface area contributed by atoms with Gasteiger partial charge in [-0.15, -0.1) is 0 Å². The number of ether oxygens (including phenoxy) is 1. The molecule has 4 heteroatoms. The third-order valence-electron chi connectivity index (χ3n) is 3.13. The normalized spacial score (nSPS) is 10.7. The van der Waals surface area contributed by atoms with Crippen molar-refractivity contribution in [2.45, 2.75) is 0 Å². The van der Waals surface area contributed by atoms with Crippen LogP contribution in [0.2, 0.25) is 0 Å². The summed E-state index contributed by atoms with van der Waals surface area (Å²) in [5.74, 6) is -0.172. The van der Waals surface area contributed by atoms with Gasteiger partial charge in [0.2, 0.25) is 11.2 Å². The van der Waals surface area contributed by atoms with Gasteiger partial charge in [0.15, 0.2) is 0 Å². The Kier molecular flexibility index (Phi) is 2.99. The molecule has 0 N–H and O–H groups in total. The van der Waals surface area contributed by atoms with Gasteiger partial charge >= 0.3 is 0 Å². The van der Waals surface area contributed by atoms with E-state index in [9.17, 15) is 9.18 Å². The summed E-state index contributed by atoms with van der Waals surface area (Å²) in [7, 11) is 1.59. The SMILES string of the molecule is COc1cccc(-c2ccc3occ(F)c(=O)c3c2)c1. The molecule has 0 bridgehead atoms. The first-order valence-corrected chi connectivity index (χ1v) is 6.04. The molecule has 0 aliphatic heterocycles. The average molecular weight is 270 g/mol. The van der Waals surface area contributed by atoms with Crippen molar-refractivity contribution < 1.29 is 13.5 Å². The molecular formula is C16H11FO3. The van der Waals surface area contributed by atoms with Gasteiger partial charge in [-0.3, -0.25) is 4.79 Å². The molecule has 0 saturated heterocycles. The minimum atomic E-state index is -0.889. The number of halogens is 1. The van der Waals surface area contributed by atoms with Crippen molar-refractivity contribution in [3.05, 3.63) is 64.8 Å². The van der Waals surface area contributed by atoms with Crippen molar-refractivity contribution in [2.75, 3.05) is 7.11 Å². The zero-order valence-electron chi connectivity index (χ0n) is 10.7. The highest BCUT2D eigenvalue weighted by molar-refractivity contribution is 5.83. The zero-order valence-corrected chi connectivity index (χ0v) is 10.7. The van der Waals surface area contributed by atoms with E-state index in [2.05, 4.69) is 0 Å². The van der Waals surface area contributed by atoms with E-state index < -0.39 is 11.2 Å². The number of benzene rings is 2. The minimum Gasteiger partial charge on any atom is -0.497 e. The average Bonchev–Trinajstić information content (AvgIpc) is 2.51. The van der Waals surface area contributed by atoms with Crippen molar-refractivity contribution >= 4 is 11.0 Å². The van der Waals surface area contributed by atoms with Gasteiger partial charge in [-0.1, -0.05) is 18.2 Å². The molecule has 0 aliphatic rings. The highest BCUT2D eigenvalue weighted by Gasteiger charge is 2.08. The second-order valence-corrected chi connectivity index (χ2v) is 4.36. The van der Waals surface area contributed by atoms with Crippen molar-refractivity contribution in [1.82, 2.24) is 0 Å². The summed E-state index contributed by atoms with van der Waals surface area (Å²) in [6.45, 7) is 0. The third kappa shape index (κ3) is 2.05. The molecule has 3 nitrogen and oxygen atoms in total. The Morgan fingerprint density at radius 1 is 1.10 bits per heavy atom. The lowest BCUT2D eigenvalue weighted by Crippen LogP contribution is -2.05. The Hall–Kier alpha value is -2.62. The van der Waals surface area contributed by atoms with Crippen molar-refractivity contribution in [3.8, 4) is 16.9 Å². The van der Waals surface area contributed by atoms with Crippen LogP contribution in [0.3, 0.4) is 0 Å². The largest absolute Gasteiger partial charge is 0.497 e. The van der Waals surface area contributed by atoms with E-state index in [4.69, 9.17) is 9.15 Å². The molecule has 0 amide bonds. The van der Waals surface area contributed by atoms with Gasteiger partial charge in [0, 0.05) is 0 Å². The number of methoxy groups -OCH3 is 1. The third-order valence-corrected chi connectivity index (χ3v) is 3.13. The molecule has 1 heterocycles.